The van der Waals surface area contributed by atoms with Crippen LogP contribution < -0.4 is 5.32 Å². The molecule has 1 aromatic carbocycles. The van der Waals surface area contributed by atoms with Crippen molar-refractivity contribution in [3.05, 3.63) is 35.4 Å². The van der Waals surface area contributed by atoms with Gasteiger partial charge in [0.15, 0.2) is 0 Å². The summed E-state index contributed by atoms with van der Waals surface area (Å²) in [6, 6.07) is 8.03. The van der Waals surface area contributed by atoms with Crippen molar-refractivity contribution in [1.29, 1.82) is 0 Å². The predicted molar refractivity (Wildman–Crippen MR) is 83.0 cm³/mol. The molecule has 1 aliphatic rings. The number of piperidine rings is 1. The fourth-order valence-corrected chi connectivity index (χ4v) is 2.96. The van der Waals surface area contributed by atoms with E-state index in [0.717, 1.165) is 31.5 Å². The first-order valence-corrected chi connectivity index (χ1v) is 7.98. The summed E-state index contributed by atoms with van der Waals surface area (Å²) >= 11 is 0. The molecule has 0 radical (unpaired) electrons. The van der Waals surface area contributed by atoms with Crippen LogP contribution in [0, 0.1) is 12.8 Å². The maximum atomic E-state index is 12.8. The SMILES string of the molecule is Cc1ccc(CCN(CC2CCNCC2)CC(F)(F)F)cc1. The molecule has 0 amide bonds. The third-order valence-electron chi connectivity index (χ3n) is 4.22. The Bertz CT molecular complexity index is 436. The van der Waals surface area contributed by atoms with Crippen molar-refractivity contribution in [3.8, 4) is 0 Å². The molecule has 0 saturated carbocycles. The number of alkyl halides is 3. The molecule has 2 nitrogen and oxygen atoms in total. The molecular formula is C17H25F3N2. The Labute approximate surface area is 130 Å². The number of hydrogen-bond acceptors (Lipinski definition) is 2. The van der Waals surface area contributed by atoms with Gasteiger partial charge in [-0.25, -0.2) is 0 Å². The van der Waals surface area contributed by atoms with E-state index in [9.17, 15) is 13.2 Å². The molecule has 124 valence electrons. The fraction of sp³-hybridized carbons (Fsp3) is 0.647. The molecule has 22 heavy (non-hydrogen) atoms. The number of nitrogens with zero attached hydrogens (tertiary/aromatic N) is 1. The van der Waals surface area contributed by atoms with Crippen molar-refractivity contribution >= 4 is 0 Å². The van der Waals surface area contributed by atoms with Crippen LogP contribution in [0.1, 0.15) is 24.0 Å². The maximum absolute atomic E-state index is 12.8. The summed E-state index contributed by atoms with van der Waals surface area (Å²) in [5.74, 6) is 0.376. The van der Waals surface area contributed by atoms with Crippen LogP contribution in [0.5, 0.6) is 0 Å². The van der Waals surface area contributed by atoms with Crippen LogP contribution in [0.3, 0.4) is 0 Å². The Kier molecular flexibility index (Phi) is 6.26. The average molecular weight is 314 g/mol. The zero-order chi connectivity index (χ0) is 16.0. The third kappa shape index (κ3) is 6.36. The maximum Gasteiger partial charge on any atom is 0.401 e. The van der Waals surface area contributed by atoms with Crippen LogP contribution in [0.2, 0.25) is 0 Å². The van der Waals surface area contributed by atoms with Gasteiger partial charge in [-0.2, -0.15) is 13.2 Å². The molecule has 0 spiro atoms. The molecule has 1 N–H and O–H groups in total. The van der Waals surface area contributed by atoms with Gasteiger partial charge in [-0.3, -0.25) is 4.90 Å². The Morgan fingerprint density at radius 1 is 1.14 bits per heavy atom. The highest BCUT2D eigenvalue weighted by atomic mass is 19.4. The summed E-state index contributed by atoms with van der Waals surface area (Å²) in [5, 5.41) is 3.26. The molecule has 1 saturated heterocycles. The van der Waals surface area contributed by atoms with E-state index in [-0.39, 0.29) is 0 Å². The summed E-state index contributed by atoms with van der Waals surface area (Å²) in [6.07, 6.45) is -1.51. The van der Waals surface area contributed by atoms with E-state index in [0.29, 0.717) is 25.4 Å². The summed E-state index contributed by atoms with van der Waals surface area (Å²) in [4.78, 5) is 1.58. The molecule has 1 aromatic rings. The van der Waals surface area contributed by atoms with Crippen molar-refractivity contribution in [2.75, 3.05) is 32.7 Å². The highest BCUT2D eigenvalue weighted by Gasteiger charge is 2.31. The number of nitrogens with one attached hydrogen (secondary N) is 1. The van der Waals surface area contributed by atoms with Crippen LogP contribution in [0.25, 0.3) is 0 Å². The lowest BCUT2D eigenvalue weighted by Gasteiger charge is -2.30. The number of benzene rings is 1. The van der Waals surface area contributed by atoms with Gasteiger partial charge in [0, 0.05) is 13.1 Å². The van der Waals surface area contributed by atoms with Crippen LogP contribution in [0.15, 0.2) is 24.3 Å². The first-order valence-electron chi connectivity index (χ1n) is 7.98. The molecule has 5 heteroatoms. The van der Waals surface area contributed by atoms with Crippen LogP contribution >= 0.6 is 0 Å². The second-order valence-corrected chi connectivity index (χ2v) is 6.28. The van der Waals surface area contributed by atoms with E-state index in [1.807, 2.05) is 31.2 Å². The number of halogens is 3. The average Bonchev–Trinajstić information content (AvgIpc) is 2.46. The number of aryl methyl sites for hydroxylation is 1. The van der Waals surface area contributed by atoms with E-state index < -0.39 is 12.7 Å². The summed E-state index contributed by atoms with van der Waals surface area (Å²) in [7, 11) is 0. The molecule has 0 bridgehead atoms. The van der Waals surface area contributed by atoms with Crippen molar-refractivity contribution in [2.45, 2.75) is 32.4 Å². The molecule has 1 heterocycles. The van der Waals surface area contributed by atoms with Crippen LogP contribution in [-0.4, -0.2) is 43.8 Å². The van der Waals surface area contributed by atoms with Gasteiger partial charge in [-0.15, -0.1) is 0 Å². The Hall–Kier alpha value is -1.07. The Balaban J connectivity index is 1.89. The molecule has 1 fully saturated rings. The van der Waals surface area contributed by atoms with E-state index in [2.05, 4.69) is 5.32 Å². The van der Waals surface area contributed by atoms with Crippen molar-refractivity contribution < 1.29 is 13.2 Å². The van der Waals surface area contributed by atoms with Crippen LogP contribution in [0.4, 0.5) is 13.2 Å². The Morgan fingerprint density at radius 2 is 1.77 bits per heavy atom. The minimum absolute atomic E-state index is 0.376. The smallest absolute Gasteiger partial charge is 0.317 e. The van der Waals surface area contributed by atoms with Gasteiger partial charge in [0.2, 0.25) is 0 Å². The zero-order valence-corrected chi connectivity index (χ0v) is 13.1. The lowest BCUT2D eigenvalue weighted by atomic mass is 9.97. The molecule has 0 unspecified atom stereocenters. The van der Waals surface area contributed by atoms with Gasteiger partial charge < -0.3 is 5.32 Å². The molecule has 0 aliphatic carbocycles. The first-order chi connectivity index (χ1) is 10.4. The molecule has 2 rings (SSSR count). The number of rotatable bonds is 6. The minimum Gasteiger partial charge on any atom is -0.317 e. The minimum atomic E-state index is -4.12. The first kappa shape index (κ1) is 17.3. The van der Waals surface area contributed by atoms with E-state index in [1.54, 1.807) is 4.90 Å². The second kappa shape index (κ2) is 7.97. The highest BCUT2D eigenvalue weighted by molar-refractivity contribution is 5.21. The molecular weight excluding hydrogens is 289 g/mol. The number of hydrogen-bond donors (Lipinski definition) is 1. The monoisotopic (exact) mass is 314 g/mol. The van der Waals surface area contributed by atoms with Gasteiger partial charge in [-0.05, 0) is 50.8 Å². The van der Waals surface area contributed by atoms with Crippen molar-refractivity contribution in [3.63, 3.8) is 0 Å². The topological polar surface area (TPSA) is 15.3 Å². The highest BCUT2D eigenvalue weighted by Crippen LogP contribution is 2.20. The summed E-state index contributed by atoms with van der Waals surface area (Å²) < 4.78 is 38.4. The van der Waals surface area contributed by atoms with Crippen LogP contribution in [-0.2, 0) is 6.42 Å². The van der Waals surface area contributed by atoms with E-state index >= 15 is 0 Å². The van der Waals surface area contributed by atoms with Crippen molar-refractivity contribution in [2.24, 2.45) is 5.92 Å². The standard InChI is InChI=1S/C17H25F3N2/c1-14-2-4-15(5-3-14)8-11-22(13-17(18,19)20)12-16-6-9-21-10-7-16/h2-5,16,21H,6-13H2,1H3. The van der Waals surface area contributed by atoms with Gasteiger partial charge >= 0.3 is 6.18 Å². The third-order valence-corrected chi connectivity index (χ3v) is 4.22. The van der Waals surface area contributed by atoms with Gasteiger partial charge in [0.05, 0.1) is 6.54 Å². The molecule has 0 aromatic heterocycles. The van der Waals surface area contributed by atoms with E-state index in [4.69, 9.17) is 0 Å². The fourth-order valence-electron chi connectivity index (χ4n) is 2.96. The molecule has 1 aliphatic heterocycles. The summed E-state index contributed by atoms with van der Waals surface area (Å²) in [6.45, 7) is 4.06. The molecule has 0 atom stereocenters. The second-order valence-electron chi connectivity index (χ2n) is 6.28. The predicted octanol–water partition coefficient (Wildman–Crippen LogP) is 3.40. The lowest BCUT2D eigenvalue weighted by Crippen LogP contribution is -2.41. The Morgan fingerprint density at radius 3 is 2.36 bits per heavy atom. The van der Waals surface area contributed by atoms with Gasteiger partial charge in [-0.1, -0.05) is 29.8 Å². The van der Waals surface area contributed by atoms with E-state index in [1.165, 1.54) is 5.56 Å². The largest absolute Gasteiger partial charge is 0.401 e. The van der Waals surface area contributed by atoms with Crippen molar-refractivity contribution in [1.82, 2.24) is 10.2 Å². The summed E-state index contributed by atoms with van der Waals surface area (Å²) in [5.41, 5.74) is 2.27. The van der Waals surface area contributed by atoms with Gasteiger partial charge in [0.1, 0.15) is 0 Å². The normalized spacial score (nSPS) is 17.1. The quantitative estimate of drug-likeness (QED) is 0.866. The van der Waals surface area contributed by atoms with Gasteiger partial charge in [0.25, 0.3) is 0 Å². The lowest BCUT2D eigenvalue weighted by molar-refractivity contribution is -0.147. The zero-order valence-electron chi connectivity index (χ0n) is 13.1.